The number of methoxy groups -OCH3 is 1. The molecule has 6 heteroatoms. The molecule has 0 atom stereocenters. The van der Waals surface area contributed by atoms with Crippen LogP contribution in [-0.2, 0) is 4.79 Å². The number of rotatable bonds is 4. The number of hydrogen-bond acceptors (Lipinski definition) is 4. The van der Waals surface area contributed by atoms with Gasteiger partial charge in [0.2, 0.25) is 0 Å². The number of H-pyrrole nitrogens is 1. The van der Waals surface area contributed by atoms with E-state index in [9.17, 15) is 15.0 Å². The van der Waals surface area contributed by atoms with E-state index in [0.29, 0.717) is 22.3 Å². The molecule has 0 bridgehead atoms. The zero-order chi connectivity index (χ0) is 17.3. The number of ether oxygens (including phenoxy) is 1. The average Bonchev–Trinajstić information content (AvgIpc) is 2.89. The number of nitrogens with one attached hydrogen (secondary N) is 1. The van der Waals surface area contributed by atoms with Crippen LogP contribution in [0.3, 0.4) is 0 Å². The maximum absolute atomic E-state index is 11.8. The van der Waals surface area contributed by atoms with E-state index in [1.807, 2.05) is 13.0 Å². The number of aromatic hydroxyl groups is 1. The summed E-state index contributed by atoms with van der Waals surface area (Å²) in [5, 5.41) is 20.4. The first-order chi connectivity index (χ1) is 11.5. The van der Waals surface area contributed by atoms with Gasteiger partial charge in [0.1, 0.15) is 11.4 Å². The van der Waals surface area contributed by atoms with Gasteiger partial charge in [-0.1, -0.05) is 24.3 Å². The quantitative estimate of drug-likeness (QED) is 0.641. The number of aromatic amines is 1. The first-order valence-electron chi connectivity index (χ1n) is 7.28. The molecule has 6 nitrogen and oxygen atoms in total. The maximum Gasteiger partial charge on any atom is 0.355 e. The molecule has 3 aromatic rings. The monoisotopic (exact) mass is 324 g/mol. The van der Waals surface area contributed by atoms with E-state index in [1.165, 1.54) is 7.11 Å². The molecule has 3 N–H and O–H groups in total. The number of aliphatic carboxylic acids is 1. The van der Waals surface area contributed by atoms with Gasteiger partial charge in [0, 0.05) is 10.9 Å². The van der Waals surface area contributed by atoms with Crippen LogP contribution in [-0.4, -0.2) is 34.0 Å². The Kier molecular flexibility index (Phi) is 3.95. The van der Waals surface area contributed by atoms with Crippen LogP contribution in [0, 0.1) is 6.92 Å². The van der Waals surface area contributed by atoms with Crippen LogP contribution in [0.15, 0.2) is 47.5 Å². The zero-order valence-corrected chi connectivity index (χ0v) is 13.2. The van der Waals surface area contributed by atoms with Crippen molar-refractivity contribution in [3.63, 3.8) is 0 Å². The number of aryl methyl sites for hydroxylation is 1. The van der Waals surface area contributed by atoms with Crippen molar-refractivity contribution >= 4 is 28.3 Å². The van der Waals surface area contributed by atoms with Crippen LogP contribution in [0.25, 0.3) is 10.9 Å². The van der Waals surface area contributed by atoms with E-state index >= 15 is 0 Å². The lowest BCUT2D eigenvalue weighted by Crippen LogP contribution is -2.14. The van der Waals surface area contributed by atoms with Gasteiger partial charge in [0.05, 0.1) is 12.7 Å². The van der Waals surface area contributed by atoms with Crippen molar-refractivity contribution in [2.24, 2.45) is 4.99 Å². The van der Waals surface area contributed by atoms with Crippen LogP contribution in [0.2, 0.25) is 0 Å². The molecule has 0 saturated carbocycles. The second-order valence-electron chi connectivity index (χ2n) is 5.34. The third-order valence-electron chi connectivity index (χ3n) is 3.69. The van der Waals surface area contributed by atoms with E-state index in [0.717, 1.165) is 5.56 Å². The van der Waals surface area contributed by atoms with E-state index in [-0.39, 0.29) is 17.2 Å². The number of para-hydroxylation sites is 1. The summed E-state index contributed by atoms with van der Waals surface area (Å²) in [4.78, 5) is 18.8. The van der Waals surface area contributed by atoms with Gasteiger partial charge < -0.3 is 19.9 Å². The van der Waals surface area contributed by atoms with Gasteiger partial charge in [-0.15, -0.1) is 0 Å². The number of hydrogen-bond donors (Lipinski definition) is 3. The number of aromatic nitrogens is 1. The van der Waals surface area contributed by atoms with Crippen LogP contribution >= 0.6 is 0 Å². The lowest BCUT2D eigenvalue weighted by atomic mass is 10.1. The molecule has 3 rings (SSSR count). The summed E-state index contributed by atoms with van der Waals surface area (Å²) in [6, 6.07) is 12.3. The summed E-state index contributed by atoms with van der Waals surface area (Å²) >= 11 is 0. The molecule has 1 aromatic heterocycles. The standard InChI is InChI=1S/C18H16N2O4/c1-10-7-8-13(14(9-10)24-2)19-16(18(22)23)15-11-5-3-4-6-12(11)20-17(15)21/h3-9,20-21H,1-2H3,(H,22,23). The molecule has 2 aromatic carbocycles. The van der Waals surface area contributed by atoms with Crippen molar-refractivity contribution in [2.45, 2.75) is 6.92 Å². The normalized spacial score (nSPS) is 11.7. The molecule has 1 heterocycles. The fourth-order valence-electron chi connectivity index (χ4n) is 2.58. The molecule has 0 unspecified atom stereocenters. The second-order valence-corrected chi connectivity index (χ2v) is 5.34. The van der Waals surface area contributed by atoms with Crippen LogP contribution < -0.4 is 4.74 Å². The molecule has 0 aliphatic heterocycles. The van der Waals surface area contributed by atoms with E-state index in [1.54, 1.807) is 36.4 Å². The van der Waals surface area contributed by atoms with Gasteiger partial charge in [-0.05, 0) is 30.7 Å². The number of aliphatic imine (C=N–C) groups is 1. The van der Waals surface area contributed by atoms with Crippen molar-refractivity contribution in [3.8, 4) is 11.6 Å². The smallest absolute Gasteiger partial charge is 0.355 e. The fourth-order valence-corrected chi connectivity index (χ4v) is 2.58. The Labute approximate surface area is 138 Å². The summed E-state index contributed by atoms with van der Waals surface area (Å²) in [6.07, 6.45) is 0. The molecule has 24 heavy (non-hydrogen) atoms. The number of carboxylic acid groups (broad SMARTS) is 1. The summed E-state index contributed by atoms with van der Waals surface area (Å²) < 4.78 is 5.27. The molecule has 0 spiro atoms. The molecule has 0 aliphatic rings. The number of nitrogens with zero attached hydrogens (tertiary/aromatic N) is 1. The Balaban J connectivity index is 2.24. The number of carboxylic acids is 1. The van der Waals surface area contributed by atoms with Gasteiger partial charge in [-0.3, -0.25) is 0 Å². The van der Waals surface area contributed by atoms with Gasteiger partial charge in [-0.25, -0.2) is 9.79 Å². The third kappa shape index (κ3) is 2.69. The highest BCUT2D eigenvalue weighted by molar-refractivity contribution is 6.46. The van der Waals surface area contributed by atoms with Gasteiger partial charge >= 0.3 is 5.97 Å². The Morgan fingerprint density at radius 3 is 2.67 bits per heavy atom. The highest BCUT2D eigenvalue weighted by Crippen LogP contribution is 2.32. The highest BCUT2D eigenvalue weighted by Gasteiger charge is 2.22. The molecular weight excluding hydrogens is 308 g/mol. The summed E-state index contributed by atoms with van der Waals surface area (Å²) in [5.41, 5.74) is 1.88. The topological polar surface area (TPSA) is 94.9 Å². The first-order valence-corrected chi connectivity index (χ1v) is 7.28. The summed E-state index contributed by atoms with van der Waals surface area (Å²) in [7, 11) is 1.50. The zero-order valence-electron chi connectivity index (χ0n) is 13.2. The SMILES string of the molecule is COc1cc(C)ccc1N=C(C(=O)O)c1c(O)[nH]c2ccccc12. The van der Waals surface area contributed by atoms with Crippen molar-refractivity contribution in [1.82, 2.24) is 4.98 Å². The Morgan fingerprint density at radius 1 is 1.21 bits per heavy atom. The van der Waals surface area contributed by atoms with Gasteiger partial charge in [0.25, 0.3) is 0 Å². The molecule has 122 valence electrons. The maximum atomic E-state index is 11.8. The Hall–Kier alpha value is -3.28. The lowest BCUT2D eigenvalue weighted by Gasteiger charge is -2.07. The van der Waals surface area contributed by atoms with Crippen LogP contribution in [0.5, 0.6) is 11.6 Å². The van der Waals surface area contributed by atoms with Crippen molar-refractivity contribution < 1.29 is 19.7 Å². The van der Waals surface area contributed by atoms with Gasteiger partial charge in [-0.2, -0.15) is 0 Å². The molecule has 0 radical (unpaired) electrons. The van der Waals surface area contributed by atoms with Crippen molar-refractivity contribution in [1.29, 1.82) is 0 Å². The van der Waals surface area contributed by atoms with E-state index < -0.39 is 5.97 Å². The van der Waals surface area contributed by atoms with Crippen LogP contribution in [0.4, 0.5) is 5.69 Å². The first kappa shape index (κ1) is 15.6. The molecule has 0 saturated heterocycles. The molecule has 0 aliphatic carbocycles. The lowest BCUT2D eigenvalue weighted by molar-refractivity contribution is -0.129. The predicted octanol–water partition coefficient (Wildman–Crippen LogP) is 3.40. The predicted molar refractivity (Wildman–Crippen MR) is 91.5 cm³/mol. The molecular formula is C18H16N2O4. The van der Waals surface area contributed by atoms with Crippen molar-refractivity contribution in [3.05, 3.63) is 53.6 Å². The Morgan fingerprint density at radius 2 is 1.96 bits per heavy atom. The van der Waals surface area contributed by atoms with E-state index in [4.69, 9.17) is 4.74 Å². The minimum atomic E-state index is -1.24. The average molecular weight is 324 g/mol. The Bertz CT molecular complexity index is 957. The molecule has 0 amide bonds. The highest BCUT2D eigenvalue weighted by atomic mass is 16.5. The van der Waals surface area contributed by atoms with E-state index in [2.05, 4.69) is 9.98 Å². The number of benzene rings is 2. The van der Waals surface area contributed by atoms with Crippen molar-refractivity contribution in [2.75, 3.05) is 7.11 Å². The summed E-state index contributed by atoms with van der Waals surface area (Å²) in [6.45, 7) is 1.90. The summed E-state index contributed by atoms with van der Waals surface area (Å²) in [5.74, 6) is -1.01. The number of carbonyl (C=O) groups is 1. The molecule has 0 fully saturated rings. The fraction of sp³-hybridized carbons (Fsp3) is 0.111. The minimum Gasteiger partial charge on any atom is -0.494 e. The third-order valence-corrected chi connectivity index (χ3v) is 3.69. The minimum absolute atomic E-state index is 0.153. The number of fused-ring (bicyclic) bond motifs is 1. The van der Waals surface area contributed by atoms with Crippen LogP contribution in [0.1, 0.15) is 11.1 Å². The van der Waals surface area contributed by atoms with Gasteiger partial charge in [0.15, 0.2) is 11.6 Å². The second kappa shape index (κ2) is 6.08. The largest absolute Gasteiger partial charge is 0.494 e.